The number of benzene rings is 2. The van der Waals surface area contributed by atoms with Gasteiger partial charge in [0.25, 0.3) is 0 Å². The number of rotatable bonds is 5. The molecular formula is C19H22N2O2. The Kier molecular flexibility index (Phi) is 4.93. The van der Waals surface area contributed by atoms with E-state index in [1.807, 2.05) is 48.5 Å². The molecule has 2 atom stereocenters. The molecule has 3 rings (SSSR count). The summed E-state index contributed by atoms with van der Waals surface area (Å²) in [5, 5.41) is 6.39. The summed E-state index contributed by atoms with van der Waals surface area (Å²) in [7, 11) is 1.66. The fourth-order valence-electron chi connectivity index (χ4n) is 3.09. The molecule has 0 bridgehead atoms. The van der Waals surface area contributed by atoms with Crippen molar-refractivity contribution >= 4 is 5.91 Å². The van der Waals surface area contributed by atoms with Crippen LogP contribution in [0.2, 0.25) is 0 Å². The van der Waals surface area contributed by atoms with Crippen molar-refractivity contribution < 1.29 is 9.53 Å². The summed E-state index contributed by atoms with van der Waals surface area (Å²) >= 11 is 0. The van der Waals surface area contributed by atoms with Crippen molar-refractivity contribution in [2.75, 3.05) is 20.2 Å². The number of carbonyl (C=O) groups excluding carboxylic acids is 1. The van der Waals surface area contributed by atoms with Crippen molar-refractivity contribution in [1.29, 1.82) is 0 Å². The second-order valence-electron chi connectivity index (χ2n) is 5.85. The van der Waals surface area contributed by atoms with Crippen LogP contribution in [0, 0.1) is 5.92 Å². The van der Waals surface area contributed by atoms with Crippen LogP contribution in [-0.2, 0) is 11.3 Å². The van der Waals surface area contributed by atoms with Crippen molar-refractivity contribution in [3.05, 3.63) is 65.7 Å². The maximum atomic E-state index is 12.6. The smallest absolute Gasteiger partial charge is 0.225 e. The second-order valence-corrected chi connectivity index (χ2v) is 5.85. The molecule has 23 heavy (non-hydrogen) atoms. The van der Waals surface area contributed by atoms with Crippen LogP contribution in [0.25, 0.3) is 0 Å². The highest BCUT2D eigenvalue weighted by molar-refractivity contribution is 5.80. The molecule has 4 heteroatoms. The third-order valence-corrected chi connectivity index (χ3v) is 4.38. The molecule has 2 N–H and O–H groups in total. The molecule has 120 valence electrons. The molecule has 0 aromatic heterocycles. The van der Waals surface area contributed by atoms with Gasteiger partial charge in [0.2, 0.25) is 5.91 Å². The van der Waals surface area contributed by atoms with Gasteiger partial charge in [0.05, 0.1) is 13.0 Å². The SMILES string of the molecule is COc1cccc(C2CNCC2C(=O)NCc2ccccc2)c1. The summed E-state index contributed by atoms with van der Waals surface area (Å²) < 4.78 is 5.29. The summed E-state index contributed by atoms with van der Waals surface area (Å²) in [4.78, 5) is 12.6. The molecule has 0 saturated carbocycles. The lowest BCUT2D eigenvalue weighted by molar-refractivity contribution is -0.125. The number of amides is 1. The monoisotopic (exact) mass is 310 g/mol. The standard InChI is InChI=1S/C19H22N2O2/c1-23-16-9-5-8-15(10-16)17-12-20-13-18(17)19(22)21-11-14-6-3-2-4-7-14/h2-10,17-18,20H,11-13H2,1H3,(H,21,22). The van der Waals surface area contributed by atoms with Crippen LogP contribution in [0.1, 0.15) is 17.0 Å². The summed E-state index contributed by atoms with van der Waals surface area (Å²) in [6.45, 7) is 2.10. The van der Waals surface area contributed by atoms with E-state index in [1.54, 1.807) is 7.11 Å². The zero-order valence-electron chi connectivity index (χ0n) is 13.3. The first-order valence-corrected chi connectivity index (χ1v) is 7.94. The Morgan fingerprint density at radius 1 is 1.17 bits per heavy atom. The van der Waals surface area contributed by atoms with Gasteiger partial charge >= 0.3 is 0 Å². The quantitative estimate of drug-likeness (QED) is 0.891. The Hall–Kier alpha value is -2.33. The second kappa shape index (κ2) is 7.29. The van der Waals surface area contributed by atoms with Crippen molar-refractivity contribution in [2.24, 2.45) is 5.92 Å². The first kappa shape index (κ1) is 15.6. The van der Waals surface area contributed by atoms with Crippen molar-refractivity contribution in [3.8, 4) is 5.75 Å². The van der Waals surface area contributed by atoms with Crippen LogP contribution in [0.4, 0.5) is 0 Å². The number of carbonyl (C=O) groups is 1. The molecule has 0 radical (unpaired) electrons. The van der Waals surface area contributed by atoms with Crippen molar-refractivity contribution in [2.45, 2.75) is 12.5 Å². The van der Waals surface area contributed by atoms with E-state index in [-0.39, 0.29) is 17.7 Å². The first-order valence-electron chi connectivity index (χ1n) is 7.94. The van der Waals surface area contributed by atoms with Crippen LogP contribution in [0.3, 0.4) is 0 Å². The number of hydrogen-bond donors (Lipinski definition) is 2. The zero-order chi connectivity index (χ0) is 16.1. The maximum absolute atomic E-state index is 12.6. The van der Waals surface area contributed by atoms with Crippen molar-refractivity contribution in [1.82, 2.24) is 10.6 Å². The van der Waals surface area contributed by atoms with E-state index in [0.29, 0.717) is 13.1 Å². The van der Waals surface area contributed by atoms with Gasteiger partial charge in [-0.1, -0.05) is 42.5 Å². The van der Waals surface area contributed by atoms with E-state index in [0.717, 1.165) is 23.4 Å². The third kappa shape index (κ3) is 3.71. The van der Waals surface area contributed by atoms with E-state index in [9.17, 15) is 4.79 Å². The third-order valence-electron chi connectivity index (χ3n) is 4.38. The van der Waals surface area contributed by atoms with Gasteiger partial charge in [-0.15, -0.1) is 0 Å². The molecular weight excluding hydrogens is 288 g/mol. The molecule has 0 aliphatic carbocycles. The van der Waals surface area contributed by atoms with Gasteiger partial charge in [-0.05, 0) is 23.3 Å². The number of hydrogen-bond acceptors (Lipinski definition) is 3. The molecule has 2 aromatic carbocycles. The van der Waals surface area contributed by atoms with Crippen LogP contribution >= 0.6 is 0 Å². The minimum atomic E-state index is -0.0502. The molecule has 1 heterocycles. The van der Waals surface area contributed by atoms with Gasteiger partial charge in [0, 0.05) is 25.6 Å². The molecule has 2 unspecified atom stereocenters. The highest BCUT2D eigenvalue weighted by atomic mass is 16.5. The number of methoxy groups -OCH3 is 1. The fourth-order valence-corrected chi connectivity index (χ4v) is 3.09. The summed E-state index contributed by atoms with van der Waals surface area (Å²) in [6.07, 6.45) is 0. The maximum Gasteiger partial charge on any atom is 0.225 e. The molecule has 1 aliphatic rings. The Morgan fingerprint density at radius 2 is 2.00 bits per heavy atom. The highest BCUT2D eigenvalue weighted by Crippen LogP contribution is 2.30. The zero-order valence-corrected chi connectivity index (χ0v) is 13.3. The molecule has 1 saturated heterocycles. The molecule has 4 nitrogen and oxygen atoms in total. The van der Waals surface area contributed by atoms with Crippen LogP contribution < -0.4 is 15.4 Å². The summed E-state index contributed by atoms with van der Waals surface area (Å²) in [5.74, 6) is 1.07. The van der Waals surface area contributed by atoms with E-state index < -0.39 is 0 Å². The van der Waals surface area contributed by atoms with Crippen LogP contribution in [-0.4, -0.2) is 26.1 Å². The van der Waals surface area contributed by atoms with Gasteiger partial charge in [-0.3, -0.25) is 4.79 Å². The summed E-state index contributed by atoms with van der Waals surface area (Å²) in [5.41, 5.74) is 2.26. The molecule has 1 amide bonds. The minimum absolute atomic E-state index is 0.0502. The molecule has 0 spiro atoms. The van der Waals surface area contributed by atoms with Gasteiger partial charge in [-0.2, -0.15) is 0 Å². The van der Waals surface area contributed by atoms with E-state index in [2.05, 4.69) is 16.7 Å². The normalized spacial score (nSPS) is 20.2. The average molecular weight is 310 g/mol. The topological polar surface area (TPSA) is 50.4 Å². The largest absolute Gasteiger partial charge is 0.497 e. The predicted octanol–water partition coefficient (Wildman–Crippen LogP) is 2.31. The van der Waals surface area contributed by atoms with Crippen LogP contribution in [0.15, 0.2) is 54.6 Å². The molecule has 1 fully saturated rings. The van der Waals surface area contributed by atoms with Crippen LogP contribution in [0.5, 0.6) is 5.75 Å². The van der Waals surface area contributed by atoms with Gasteiger partial charge in [0.1, 0.15) is 5.75 Å². The van der Waals surface area contributed by atoms with E-state index in [4.69, 9.17) is 4.74 Å². The Morgan fingerprint density at radius 3 is 2.78 bits per heavy atom. The minimum Gasteiger partial charge on any atom is -0.497 e. The van der Waals surface area contributed by atoms with Crippen molar-refractivity contribution in [3.63, 3.8) is 0 Å². The van der Waals surface area contributed by atoms with Gasteiger partial charge < -0.3 is 15.4 Å². The highest BCUT2D eigenvalue weighted by Gasteiger charge is 2.33. The first-order chi connectivity index (χ1) is 11.3. The number of ether oxygens (including phenoxy) is 1. The predicted molar refractivity (Wildman–Crippen MR) is 90.4 cm³/mol. The molecule has 2 aromatic rings. The van der Waals surface area contributed by atoms with E-state index >= 15 is 0 Å². The molecule has 1 aliphatic heterocycles. The Labute approximate surface area is 136 Å². The lowest BCUT2D eigenvalue weighted by Gasteiger charge is -2.19. The fraction of sp³-hybridized carbons (Fsp3) is 0.316. The Balaban J connectivity index is 1.67. The van der Waals surface area contributed by atoms with E-state index in [1.165, 1.54) is 0 Å². The summed E-state index contributed by atoms with van der Waals surface area (Å²) in [6, 6.07) is 18.0. The van der Waals surface area contributed by atoms with Gasteiger partial charge in [0.15, 0.2) is 0 Å². The lowest BCUT2D eigenvalue weighted by atomic mass is 9.88. The Bertz CT molecular complexity index is 657. The lowest BCUT2D eigenvalue weighted by Crippen LogP contribution is -2.34. The van der Waals surface area contributed by atoms with Gasteiger partial charge in [-0.25, -0.2) is 0 Å². The average Bonchev–Trinajstić information content (AvgIpc) is 3.10. The number of nitrogens with one attached hydrogen (secondary N) is 2.